The van der Waals surface area contributed by atoms with Crippen molar-refractivity contribution in [1.29, 1.82) is 0 Å². The second kappa shape index (κ2) is 34.3. The summed E-state index contributed by atoms with van der Waals surface area (Å²) < 4.78 is 59.3. The third kappa shape index (κ3) is 28.2. The summed E-state index contributed by atoms with van der Waals surface area (Å²) in [6.45, 7) is 12.0. The van der Waals surface area contributed by atoms with Gasteiger partial charge < -0.3 is 52.1 Å². The van der Waals surface area contributed by atoms with E-state index in [1.807, 2.05) is 0 Å². The average molecular weight is 661 g/mol. The van der Waals surface area contributed by atoms with Gasteiger partial charge in [-0.15, -0.1) is 0 Å². The molecule has 0 atom stereocenters. The van der Waals surface area contributed by atoms with Crippen LogP contribution in [0.25, 0.3) is 0 Å². The number of ether oxygens (including phenoxy) is 11. The highest BCUT2D eigenvalue weighted by atomic mass is 16.6. The molecule has 266 valence electrons. The van der Waals surface area contributed by atoms with E-state index in [1.165, 1.54) is 12.8 Å². The third-order valence-corrected chi connectivity index (χ3v) is 5.92. The van der Waals surface area contributed by atoms with Gasteiger partial charge in [-0.3, -0.25) is 4.79 Å². The summed E-state index contributed by atoms with van der Waals surface area (Å²) in [6, 6.07) is 8.26. The Kier molecular flexibility index (Phi) is 31.3. The molecule has 0 aliphatic heterocycles. The number of carbonyl (C=O) groups excluding carboxylic acids is 2. The molecule has 13 heteroatoms. The van der Waals surface area contributed by atoms with Gasteiger partial charge in [0.1, 0.15) is 6.61 Å². The molecule has 0 spiro atoms. The maximum absolute atomic E-state index is 11.9. The van der Waals surface area contributed by atoms with Crippen LogP contribution in [0, 0.1) is 0 Å². The normalized spacial score (nSPS) is 11.2. The monoisotopic (exact) mass is 660 g/mol. The summed E-state index contributed by atoms with van der Waals surface area (Å²) in [5.41, 5.74) is 0.297. The van der Waals surface area contributed by atoms with Gasteiger partial charge in [0.2, 0.25) is 0 Å². The first-order chi connectivity index (χ1) is 22.8. The van der Waals surface area contributed by atoms with E-state index in [0.29, 0.717) is 124 Å². The Morgan fingerprint density at radius 3 is 1.04 bits per heavy atom. The van der Waals surface area contributed by atoms with Crippen molar-refractivity contribution in [1.82, 2.24) is 0 Å². The summed E-state index contributed by atoms with van der Waals surface area (Å²) in [5, 5.41) is 0. The molecule has 0 saturated carbocycles. The molecule has 1 rings (SSSR count). The van der Waals surface area contributed by atoms with E-state index in [9.17, 15) is 9.59 Å². The highest BCUT2D eigenvalue weighted by molar-refractivity contribution is 6.40. The maximum atomic E-state index is 11.9. The topological polar surface area (TPSA) is 136 Å². The van der Waals surface area contributed by atoms with E-state index >= 15 is 0 Å². The van der Waals surface area contributed by atoms with Crippen molar-refractivity contribution >= 4 is 11.8 Å². The highest BCUT2D eigenvalue weighted by Gasteiger charge is 2.17. The Hall–Kier alpha value is -2.04. The number of rotatable bonds is 36. The van der Waals surface area contributed by atoms with Gasteiger partial charge in [-0.25, -0.2) is 4.79 Å². The van der Waals surface area contributed by atoms with Crippen LogP contribution in [0.4, 0.5) is 0 Å². The number of carbonyl (C=O) groups is 2. The predicted molar refractivity (Wildman–Crippen MR) is 169 cm³/mol. The molecule has 0 aromatic heterocycles. The van der Waals surface area contributed by atoms with Gasteiger partial charge in [-0.05, 0) is 6.42 Å². The number of benzene rings is 1. The Morgan fingerprint density at radius 1 is 0.413 bits per heavy atom. The van der Waals surface area contributed by atoms with E-state index in [1.54, 1.807) is 30.3 Å². The Morgan fingerprint density at radius 2 is 0.717 bits per heavy atom. The molecular weight excluding hydrogens is 604 g/mol. The van der Waals surface area contributed by atoms with E-state index < -0.39 is 11.8 Å². The predicted octanol–water partition coefficient (Wildman–Crippen LogP) is 2.77. The van der Waals surface area contributed by atoms with Crippen LogP contribution in [0.5, 0.6) is 0 Å². The quantitative estimate of drug-likeness (QED) is 0.0452. The molecule has 0 fully saturated rings. The molecule has 1 aromatic carbocycles. The van der Waals surface area contributed by atoms with Crippen LogP contribution in [0.15, 0.2) is 30.3 Å². The Balaban J connectivity index is 1.66. The van der Waals surface area contributed by atoms with Crippen LogP contribution in [0.3, 0.4) is 0 Å². The molecule has 0 heterocycles. The molecule has 0 saturated heterocycles. The van der Waals surface area contributed by atoms with Crippen LogP contribution >= 0.6 is 0 Å². The van der Waals surface area contributed by atoms with Crippen LogP contribution in [0.1, 0.15) is 36.5 Å². The molecule has 0 aliphatic carbocycles. The van der Waals surface area contributed by atoms with E-state index in [0.717, 1.165) is 13.0 Å². The van der Waals surface area contributed by atoms with Crippen LogP contribution in [-0.4, -0.2) is 150 Å². The number of hydrogen-bond acceptors (Lipinski definition) is 13. The number of unbranched alkanes of at least 4 members (excludes halogenated alkanes) is 2. The molecule has 0 N–H and O–H groups in total. The first kappa shape index (κ1) is 42.0. The van der Waals surface area contributed by atoms with Gasteiger partial charge in [0, 0.05) is 12.2 Å². The first-order valence-corrected chi connectivity index (χ1v) is 16.3. The largest absolute Gasteiger partial charge is 0.457 e. The number of Topliss-reactive ketones (excluding diaryl/α,β-unsaturated/α-hetero) is 1. The number of hydrogen-bond donors (Lipinski definition) is 0. The second-order valence-electron chi connectivity index (χ2n) is 9.66. The molecular formula is C33H56O13. The van der Waals surface area contributed by atoms with Crippen molar-refractivity contribution in [2.45, 2.75) is 26.2 Å². The Bertz CT molecular complexity index is 797. The number of ketones is 1. The summed E-state index contributed by atoms with van der Waals surface area (Å²) in [6.07, 6.45) is 3.52. The smallest absolute Gasteiger partial charge is 0.379 e. The minimum atomic E-state index is -0.895. The van der Waals surface area contributed by atoms with Crippen molar-refractivity contribution in [3.8, 4) is 0 Å². The minimum absolute atomic E-state index is 0.000151. The van der Waals surface area contributed by atoms with Gasteiger partial charge in [0.25, 0.3) is 5.78 Å². The fourth-order valence-corrected chi connectivity index (χ4v) is 3.50. The van der Waals surface area contributed by atoms with Crippen molar-refractivity contribution in [2.75, 3.05) is 139 Å². The molecule has 46 heavy (non-hydrogen) atoms. The molecule has 1 aromatic rings. The highest BCUT2D eigenvalue weighted by Crippen LogP contribution is 2.01. The van der Waals surface area contributed by atoms with Crippen LogP contribution < -0.4 is 0 Å². The lowest BCUT2D eigenvalue weighted by atomic mass is 10.1. The first-order valence-electron chi connectivity index (χ1n) is 16.3. The average Bonchev–Trinajstić information content (AvgIpc) is 3.08. The number of esters is 1. The lowest BCUT2D eigenvalue weighted by Crippen LogP contribution is -2.20. The maximum Gasteiger partial charge on any atom is 0.379 e. The SMILES string of the molecule is CCCCCOCCOCCOCCOCCOCCOCCOCCOCCOCCOCCOC(=O)C(=O)c1ccccc1. The minimum Gasteiger partial charge on any atom is -0.457 e. The second-order valence-corrected chi connectivity index (χ2v) is 9.66. The fourth-order valence-electron chi connectivity index (χ4n) is 3.50. The third-order valence-electron chi connectivity index (χ3n) is 5.92. The zero-order chi connectivity index (χ0) is 33.0. The van der Waals surface area contributed by atoms with Crippen LogP contribution in [0.2, 0.25) is 0 Å². The van der Waals surface area contributed by atoms with Gasteiger partial charge in [-0.1, -0.05) is 50.1 Å². The zero-order valence-corrected chi connectivity index (χ0v) is 27.7. The summed E-state index contributed by atoms with van der Waals surface area (Å²) in [5.74, 6) is -1.57. The lowest BCUT2D eigenvalue weighted by molar-refractivity contribution is -0.139. The van der Waals surface area contributed by atoms with E-state index in [2.05, 4.69) is 6.92 Å². The van der Waals surface area contributed by atoms with E-state index in [-0.39, 0.29) is 13.2 Å². The summed E-state index contributed by atoms with van der Waals surface area (Å²) >= 11 is 0. The summed E-state index contributed by atoms with van der Waals surface area (Å²) in [7, 11) is 0. The lowest BCUT2D eigenvalue weighted by Gasteiger charge is -2.09. The molecule has 0 aliphatic rings. The zero-order valence-electron chi connectivity index (χ0n) is 27.7. The van der Waals surface area contributed by atoms with Gasteiger partial charge in [0.05, 0.1) is 126 Å². The van der Waals surface area contributed by atoms with E-state index in [4.69, 9.17) is 52.1 Å². The molecule has 0 bridgehead atoms. The summed E-state index contributed by atoms with van der Waals surface area (Å²) in [4.78, 5) is 23.6. The Labute approximate surface area is 274 Å². The van der Waals surface area contributed by atoms with Gasteiger partial charge in [0.15, 0.2) is 0 Å². The molecule has 0 radical (unpaired) electrons. The molecule has 0 unspecified atom stereocenters. The standard InChI is InChI=1S/C33H56O13/c1-2-3-7-10-36-11-12-37-13-14-38-15-16-39-17-18-40-19-20-41-21-22-42-23-24-43-25-26-44-27-28-45-29-30-46-33(35)32(34)31-8-5-4-6-9-31/h4-6,8-9H,2-3,7,10-30H2,1H3. The van der Waals surface area contributed by atoms with Crippen molar-refractivity contribution in [2.24, 2.45) is 0 Å². The fraction of sp³-hybridized carbons (Fsp3) is 0.758. The van der Waals surface area contributed by atoms with Crippen molar-refractivity contribution in [3.63, 3.8) is 0 Å². The van der Waals surface area contributed by atoms with Gasteiger partial charge >= 0.3 is 5.97 Å². The van der Waals surface area contributed by atoms with Gasteiger partial charge in [-0.2, -0.15) is 0 Å². The molecule has 0 amide bonds. The van der Waals surface area contributed by atoms with Crippen molar-refractivity contribution < 1.29 is 61.7 Å². The molecule has 13 nitrogen and oxygen atoms in total. The van der Waals surface area contributed by atoms with Crippen LogP contribution in [-0.2, 0) is 56.9 Å². The van der Waals surface area contributed by atoms with Crippen molar-refractivity contribution in [3.05, 3.63) is 35.9 Å².